The Morgan fingerprint density at radius 1 is 1.14 bits per heavy atom. The number of urea groups is 1. The largest absolute Gasteiger partial charge is 0.451 e. The van der Waals surface area contributed by atoms with Crippen LogP contribution in [0.25, 0.3) is 0 Å². The second-order valence-corrected chi connectivity index (χ2v) is 6.89. The van der Waals surface area contributed by atoms with E-state index < -0.39 is 42.0 Å². The van der Waals surface area contributed by atoms with Gasteiger partial charge in [-0.3, -0.25) is 24.1 Å². The Labute approximate surface area is 168 Å². The summed E-state index contributed by atoms with van der Waals surface area (Å²) in [5, 5.41) is 7.71. The molecule has 1 saturated heterocycles. The van der Waals surface area contributed by atoms with Gasteiger partial charge in [-0.05, 0) is 44.5 Å². The van der Waals surface area contributed by atoms with Crippen LogP contribution in [0.2, 0.25) is 0 Å². The quantitative estimate of drug-likeness (QED) is 0.462. The number of anilines is 2. The molecule has 0 aliphatic carbocycles. The first-order valence-corrected chi connectivity index (χ1v) is 9.08. The van der Waals surface area contributed by atoms with E-state index in [1.54, 1.807) is 38.1 Å². The van der Waals surface area contributed by atoms with Gasteiger partial charge in [-0.1, -0.05) is 6.92 Å². The third kappa shape index (κ3) is 5.31. The molecule has 156 valence electrons. The smallest absolute Gasteiger partial charge is 0.327 e. The number of carbonyl (C=O) groups is 5. The van der Waals surface area contributed by atoms with Gasteiger partial charge >= 0.3 is 12.0 Å². The molecule has 5 amide bonds. The van der Waals surface area contributed by atoms with E-state index in [1.807, 2.05) is 0 Å². The first-order chi connectivity index (χ1) is 13.6. The molecule has 0 bridgehead atoms. The van der Waals surface area contributed by atoms with Crippen molar-refractivity contribution in [3.63, 3.8) is 0 Å². The number of imide groups is 1. The first-order valence-electron chi connectivity index (χ1n) is 9.08. The second kappa shape index (κ2) is 8.72. The summed E-state index contributed by atoms with van der Waals surface area (Å²) in [7, 11) is 0. The van der Waals surface area contributed by atoms with E-state index in [1.165, 1.54) is 13.8 Å². The fourth-order valence-electron chi connectivity index (χ4n) is 2.63. The third-order valence-corrected chi connectivity index (χ3v) is 4.49. The fraction of sp³-hybridized carbons (Fsp3) is 0.421. The van der Waals surface area contributed by atoms with Gasteiger partial charge in [-0.15, -0.1) is 0 Å². The number of esters is 1. The lowest BCUT2D eigenvalue weighted by atomic mass is 9.99. The number of hydrogen-bond donors (Lipinski definition) is 3. The van der Waals surface area contributed by atoms with Crippen molar-refractivity contribution in [2.45, 2.75) is 45.8 Å². The van der Waals surface area contributed by atoms with Crippen molar-refractivity contribution in [1.82, 2.24) is 10.2 Å². The van der Waals surface area contributed by atoms with Gasteiger partial charge in [0.15, 0.2) is 6.10 Å². The molecule has 1 aromatic rings. The van der Waals surface area contributed by atoms with E-state index in [0.717, 1.165) is 4.90 Å². The highest BCUT2D eigenvalue weighted by atomic mass is 16.5. The molecule has 1 aliphatic heterocycles. The molecule has 1 heterocycles. The molecule has 0 radical (unpaired) electrons. The lowest BCUT2D eigenvalue weighted by Gasteiger charge is -2.19. The van der Waals surface area contributed by atoms with Crippen LogP contribution in [0.5, 0.6) is 0 Å². The summed E-state index contributed by atoms with van der Waals surface area (Å²) in [6.07, 6.45) is -0.765. The zero-order valence-electron chi connectivity index (χ0n) is 16.7. The molecule has 1 aliphatic rings. The van der Waals surface area contributed by atoms with E-state index in [2.05, 4.69) is 16.0 Å². The summed E-state index contributed by atoms with van der Waals surface area (Å²) in [4.78, 5) is 60.3. The van der Waals surface area contributed by atoms with Crippen molar-refractivity contribution in [3.8, 4) is 0 Å². The van der Waals surface area contributed by atoms with Crippen molar-refractivity contribution < 1.29 is 28.7 Å². The van der Waals surface area contributed by atoms with Crippen molar-refractivity contribution >= 4 is 41.1 Å². The van der Waals surface area contributed by atoms with Crippen LogP contribution in [-0.2, 0) is 23.9 Å². The molecule has 1 fully saturated rings. The van der Waals surface area contributed by atoms with Crippen LogP contribution >= 0.6 is 0 Å². The molecule has 0 saturated carbocycles. The van der Waals surface area contributed by atoms with Crippen LogP contribution < -0.4 is 16.0 Å². The average Bonchev–Trinajstić information content (AvgIpc) is 2.86. The van der Waals surface area contributed by atoms with E-state index in [-0.39, 0.29) is 5.91 Å². The van der Waals surface area contributed by atoms with Crippen molar-refractivity contribution in [1.29, 1.82) is 0 Å². The predicted molar refractivity (Wildman–Crippen MR) is 104 cm³/mol. The summed E-state index contributed by atoms with van der Waals surface area (Å²) >= 11 is 0. The Kier molecular flexibility index (Phi) is 6.57. The minimum Gasteiger partial charge on any atom is -0.451 e. The Morgan fingerprint density at radius 2 is 1.69 bits per heavy atom. The lowest BCUT2D eigenvalue weighted by molar-refractivity contribution is -0.155. The van der Waals surface area contributed by atoms with E-state index in [0.29, 0.717) is 17.8 Å². The van der Waals surface area contributed by atoms with Crippen LogP contribution in [0.1, 0.15) is 34.1 Å². The predicted octanol–water partition coefficient (Wildman–Crippen LogP) is 1.24. The molecule has 1 aromatic carbocycles. The van der Waals surface area contributed by atoms with Crippen molar-refractivity contribution in [2.24, 2.45) is 0 Å². The topological polar surface area (TPSA) is 134 Å². The standard InChI is InChI=1S/C19H24N4O6/c1-5-19(4)17(27)23(18(28)22-19)10-15(25)29-11(2)16(26)21-14-8-6-13(7-9-14)20-12(3)24/h6-9,11H,5,10H2,1-4H3,(H,20,24)(H,21,26)(H,22,28)/t11-,19-/m1/s1. The summed E-state index contributed by atoms with van der Waals surface area (Å²) in [6, 6.07) is 5.70. The van der Waals surface area contributed by atoms with E-state index >= 15 is 0 Å². The lowest BCUT2D eigenvalue weighted by Crippen LogP contribution is -2.44. The number of amides is 5. The van der Waals surface area contributed by atoms with Gasteiger partial charge < -0.3 is 20.7 Å². The molecule has 0 spiro atoms. The Morgan fingerprint density at radius 3 is 2.17 bits per heavy atom. The maximum absolute atomic E-state index is 12.3. The Hall–Kier alpha value is -3.43. The Bertz CT molecular complexity index is 838. The summed E-state index contributed by atoms with van der Waals surface area (Å²) in [6.45, 7) is 5.50. The van der Waals surface area contributed by atoms with Gasteiger partial charge in [0.25, 0.3) is 11.8 Å². The molecular weight excluding hydrogens is 380 g/mol. The highest BCUT2D eigenvalue weighted by molar-refractivity contribution is 6.08. The van der Waals surface area contributed by atoms with Gasteiger partial charge in [0.1, 0.15) is 12.1 Å². The zero-order valence-corrected chi connectivity index (χ0v) is 16.7. The van der Waals surface area contributed by atoms with Gasteiger partial charge in [0.05, 0.1) is 0 Å². The molecule has 10 nitrogen and oxygen atoms in total. The Balaban J connectivity index is 1.89. The number of nitrogens with one attached hydrogen (secondary N) is 3. The number of rotatable bonds is 7. The van der Waals surface area contributed by atoms with Gasteiger partial charge in [0.2, 0.25) is 5.91 Å². The second-order valence-electron chi connectivity index (χ2n) is 6.89. The van der Waals surface area contributed by atoms with Crippen LogP contribution in [0.3, 0.4) is 0 Å². The SMILES string of the molecule is CC[C@@]1(C)NC(=O)N(CC(=O)O[C@H](C)C(=O)Nc2ccc(NC(C)=O)cc2)C1=O. The first kappa shape index (κ1) is 21.9. The molecule has 29 heavy (non-hydrogen) atoms. The summed E-state index contributed by atoms with van der Waals surface area (Å²) < 4.78 is 5.04. The summed E-state index contributed by atoms with van der Waals surface area (Å²) in [5.74, 6) is -2.19. The average molecular weight is 404 g/mol. The molecule has 2 rings (SSSR count). The minimum atomic E-state index is -1.14. The monoisotopic (exact) mass is 404 g/mol. The highest BCUT2D eigenvalue weighted by Gasteiger charge is 2.47. The summed E-state index contributed by atoms with van der Waals surface area (Å²) in [5.41, 5.74) is -0.0357. The molecule has 2 atom stereocenters. The van der Waals surface area contributed by atoms with Crippen LogP contribution in [0.4, 0.5) is 16.2 Å². The van der Waals surface area contributed by atoms with Gasteiger partial charge in [-0.25, -0.2) is 4.79 Å². The van der Waals surface area contributed by atoms with E-state index in [9.17, 15) is 24.0 Å². The molecular formula is C19H24N4O6. The van der Waals surface area contributed by atoms with Gasteiger partial charge in [0, 0.05) is 18.3 Å². The highest BCUT2D eigenvalue weighted by Crippen LogP contribution is 2.20. The molecule has 10 heteroatoms. The normalized spacial score (nSPS) is 19.4. The number of hydrogen-bond acceptors (Lipinski definition) is 6. The number of benzene rings is 1. The van der Waals surface area contributed by atoms with E-state index in [4.69, 9.17) is 4.74 Å². The number of carbonyl (C=O) groups excluding carboxylic acids is 5. The maximum Gasteiger partial charge on any atom is 0.327 e. The van der Waals surface area contributed by atoms with Crippen LogP contribution in [0, 0.1) is 0 Å². The van der Waals surface area contributed by atoms with Crippen LogP contribution in [-0.4, -0.2) is 52.8 Å². The molecule has 0 aromatic heterocycles. The molecule has 3 N–H and O–H groups in total. The number of ether oxygens (including phenoxy) is 1. The third-order valence-electron chi connectivity index (χ3n) is 4.49. The van der Waals surface area contributed by atoms with Gasteiger partial charge in [-0.2, -0.15) is 0 Å². The minimum absolute atomic E-state index is 0.216. The maximum atomic E-state index is 12.3. The fourth-order valence-corrected chi connectivity index (χ4v) is 2.63. The van der Waals surface area contributed by atoms with Crippen molar-refractivity contribution in [3.05, 3.63) is 24.3 Å². The number of nitrogens with zero attached hydrogens (tertiary/aromatic N) is 1. The van der Waals surface area contributed by atoms with Crippen LogP contribution in [0.15, 0.2) is 24.3 Å². The van der Waals surface area contributed by atoms with Crippen molar-refractivity contribution in [2.75, 3.05) is 17.2 Å². The zero-order chi connectivity index (χ0) is 21.8. The molecule has 0 unspecified atom stereocenters.